The zero-order valence-corrected chi connectivity index (χ0v) is 25.7. The SMILES string of the molecule is C=CC(=O)N1CC2C(=O)Nc3c(c4cc(Cl)c(-c5c(O)cccc5F)c(F)c4n(-c4c(C)ccnc4C(C)C)c3=O)N2CC1C. The summed E-state index contributed by atoms with van der Waals surface area (Å²) in [6.07, 6.45) is 2.76. The molecular weight excluding hydrogens is 604 g/mol. The van der Waals surface area contributed by atoms with Gasteiger partial charge >= 0.3 is 0 Å². The Morgan fingerprint density at radius 3 is 2.58 bits per heavy atom. The zero-order chi connectivity index (χ0) is 32.5. The minimum absolute atomic E-state index is 0.00151. The van der Waals surface area contributed by atoms with Crippen molar-refractivity contribution < 1.29 is 23.5 Å². The van der Waals surface area contributed by atoms with Crippen molar-refractivity contribution >= 4 is 45.7 Å². The van der Waals surface area contributed by atoms with Gasteiger partial charge in [-0.15, -0.1) is 0 Å². The van der Waals surface area contributed by atoms with Gasteiger partial charge in [-0.05, 0) is 55.7 Å². The number of carbonyl (C=O) groups excluding carboxylic acids is 2. The molecule has 0 saturated carbocycles. The molecule has 45 heavy (non-hydrogen) atoms. The lowest BCUT2D eigenvalue weighted by Gasteiger charge is -2.48. The molecule has 0 radical (unpaired) electrons. The lowest BCUT2D eigenvalue weighted by molar-refractivity contribution is -0.130. The van der Waals surface area contributed by atoms with Crippen molar-refractivity contribution in [2.75, 3.05) is 23.3 Å². The first-order valence-corrected chi connectivity index (χ1v) is 14.8. The number of aromatic nitrogens is 2. The molecule has 2 aliphatic rings. The van der Waals surface area contributed by atoms with E-state index in [1.807, 2.05) is 13.8 Å². The van der Waals surface area contributed by atoms with Crippen molar-refractivity contribution in [1.82, 2.24) is 14.5 Å². The minimum atomic E-state index is -1.04. The number of carbonyl (C=O) groups is 2. The summed E-state index contributed by atoms with van der Waals surface area (Å²) in [5.74, 6) is -3.54. The largest absolute Gasteiger partial charge is 0.507 e. The van der Waals surface area contributed by atoms with Crippen LogP contribution in [0, 0.1) is 18.6 Å². The molecule has 0 spiro atoms. The van der Waals surface area contributed by atoms with E-state index in [0.717, 1.165) is 10.6 Å². The maximum atomic E-state index is 17.2. The fraction of sp³-hybridized carbons (Fsp3) is 0.273. The number of nitrogens with one attached hydrogen (secondary N) is 1. The van der Waals surface area contributed by atoms with Crippen molar-refractivity contribution in [3.63, 3.8) is 0 Å². The molecule has 232 valence electrons. The molecule has 6 rings (SSSR count). The molecule has 4 heterocycles. The lowest BCUT2D eigenvalue weighted by atomic mass is 9.95. The molecule has 2 N–H and O–H groups in total. The summed E-state index contributed by atoms with van der Waals surface area (Å²) in [6.45, 7) is 11.0. The summed E-state index contributed by atoms with van der Waals surface area (Å²) in [5, 5.41) is 13.3. The molecule has 0 aliphatic carbocycles. The number of pyridine rings is 2. The number of piperazine rings is 1. The number of amides is 2. The molecule has 2 aliphatic heterocycles. The topological polar surface area (TPSA) is 108 Å². The Labute approximate surface area is 262 Å². The van der Waals surface area contributed by atoms with E-state index in [9.17, 15) is 19.5 Å². The van der Waals surface area contributed by atoms with Crippen LogP contribution in [0.1, 0.15) is 37.9 Å². The minimum Gasteiger partial charge on any atom is -0.507 e. The number of aromatic hydroxyl groups is 1. The molecule has 2 atom stereocenters. The van der Waals surface area contributed by atoms with Gasteiger partial charge in [-0.2, -0.15) is 0 Å². The normalized spacial score (nSPS) is 17.7. The standard InChI is InChI=1S/C33H30ClF2N5O4/c1-6-23(43)39-14-21-32(44)38-28-31(40(21)13-17(39)5)18-12-19(34)24(25-20(35)8-7-9-22(25)42)26(36)30(18)41(33(28)45)29-16(4)10-11-37-27(29)15(2)3/h6-12,15,17,21,42H,1,13-14H2,2-5H3,(H,38,44). The summed E-state index contributed by atoms with van der Waals surface area (Å²) in [7, 11) is 0. The van der Waals surface area contributed by atoms with Gasteiger partial charge in [0.1, 0.15) is 23.3 Å². The molecule has 2 amide bonds. The molecule has 4 aromatic rings. The number of fused-ring (bicyclic) bond motifs is 5. The number of hydrogen-bond acceptors (Lipinski definition) is 6. The number of rotatable bonds is 4. The van der Waals surface area contributed by atoms with Crippen LogP contribution in [-0.2, 0) is 9.59 Å². The maximum Gasteiger partial charge on any atom is 0.281 e. The second-order valence-electron chi connectivity index (χ2n) is 11.7. The third-order valence-electron chi connectivity index (χ3n) is 8.53. The van der Waals surface area contributed by atoms with Crippen LogP contribution in [0.2, 0.25) is 5.02 Å². The predicted octanol–water partition coefficient (Wildman–Crippen LogP) is 5.67. The second-order valence-corrected chi connectivity index (χ2v) is 12.1. The first-order valence-electron chi connectivity index (χ1n) is 14.4. The first kappa shape index (κ1) is 30.3. The number of phenolic OH excluding ortho intramolecular Hbond substituents is 1. The Balaban J connectivity index is 1.77. The predicted molar refractivity (Wildman–Crippen MR) is 169 cm³/mol. The van der Waals surface area contributed by atoms with Gasteiger partial charge in [0.2, 0.25) is 11.8 Å². The van der Waals surface area contributed by atoms with E-state index in [4.69, 9.17) is 11.6 Å². The third kappa shape index (κ3) is 4.56. The fourth-order valence-electron chi connectivity index (χ4n) is 6.43. The number of halogens is 3. The molecule has 2 aromatic heterocycles. The van der Waals surface area contributed by atoms with Crippen molar-refractivity contribution in [2.24, 2.45) is 0 Å². The highest BCUT2D eigenvalue weighted by Crippen LogP contribution is 2.46. The maximum absolute atomic E-state index is 17.2. The van der Waals surface area contributed by atoms with E-state index in [-0.39, 0.29) is 52.2 Å². The van der Waals surface area contributed by atoms with Crippen LogP contribution in [0.5, 0.6) is 5.75 Å². The van der Waals surface area contributed by atoms with E-state index < -0.39 is 52.1 Å². The Morgan fingerprint density at radius 1 is 1.18 bits per heavy atom. The van der Waals surface area contributed by atoms with Gasteiger partial charge in [-0.3, -0.25) is 23.9 Å². The van der Waals surface area contributed by atoms with Crippen molar-refractivity contribution in [3.8, 4) is 22.6 Å². The summed E-state index contributed by atoms with van der Waals surface area (Å²) < 4.78 is 33.6. The van der Waals surface area contributed by atoms with Crippen LogP contribution in [0.4, 0.5) is 20.2 Å². The number of phenols is 1. The number of benzene rings is 2. The van der Waals surface area contributed by atoms with Crippen LogP contribution >= 0.6 is 11.6 Å². The van der Waals surface area contributed by atoms with E-state index in [1.165, 1.54) is 29.2 Å². The summed E-state index contributed by atoms with van der Waals surface area (Å²) in [5.41, 5.74) is -0.300. The molecule has 0 bridgehead atoms. The van der Waals surface area contributed by atoms with E-state index in [1.54, 1.807) is 31.0 Å². The fourth-order valence-corrected chi connectivity index (χ4v) is 6.72. The highest BCUT2D eigenvalue weighted by Gasteiger charge is 2.44. The Bertz CT molecular complexity index is 1990. The van der Waals surface area contributed by atoms with Gasteiger partial charge in [0.05, 0.1) is 39.7 Å². The van der Waals surface area contributed by atoms with Crippen molar-refractivity contribution in [1.29, 1.82) is 0 Å². The summed E-state index contributed by atoms with van der Waals surface area (Å²) >= 11 is 6.71. The van der Waals surface area contributed by atoms with Gasteiger partial charge in [0.25, 0.3) is 5.56 Å². The van der Waals surface area contributed by atoms with Crippen LogP contribution < -0.4 is 15.8 Å². The zero-order valence-electron chi connectivity index (χ0n) is 25.0. The number of hydrogen-bond donors (Lipinski definition) is 2. The summed E-state index contributed by atoms with van der Waals surface area (Å²) in [6, 6.07) is 5.36. The molecule has 9 nitrogen and oxygen atoms in total. The molecule has 2 aromatic carbocycles. The van der Waals surface area contributed by atoms with Crippen molar-refractivity contribution in [2.45, 2.75) is 45.7 Å². The van der Waals surface area contributed by atoms with Crippen LogP contribution in [0.3, 0.4) is 0 Å². The van der Waals surface area contributed by atoms with E-state index in [0.29, 0.717) is 16.9 Å². The first-order chi connectivity index (χ1) is 21.4. The number of anilines is 2. The van der Waals surface area contributed by atoms with E-state index >= 15 is 8.78 Å². The Morgan fingerprint density at radius 2 is 1.91 bits per heavy atom. The molecule has 1 saturated heterocycles. The van der Waals surface area contributed by atoms with E-state index in [2.05, 4.69) is 16.9 Å². The van der Waals surface area contributed by atoms with Crippen molar-refractivity contribution in [3.05, 3.63) is 87.5 Å². The Hall–Kier alpha value is -4.77. The summed E-state index contributed by atoms with van der Waals surface area (Å²) in [4.78, 5) is 48.4. The third-order valence-corrected chi connectivity index (χ3v) is 8.82. The average Bonchev–Trinajstić information content (AvgIpc) is 2.98. The highest BCUT2D eigenvalue weighted by atomic mass is 35.5. The van der Waals surface area contributed by atoms with Crippen LogP contribution in [0.25, 0.3) is 27.7 Å². The second kappa shape index (κ2) is 11.0. The highest BCUT2D eigenvalue weighted by molar-refractivity contribution is 6.35. The van der Waals surface area contributed by atoms with Crippen LogP contribution in [-0.4, -0.2) is 56.5 Å². The quantitative estimate of drug-likeness (QED) is 0.281. The van der Waals surface area contributed by atoms with Gasteiger partial charge in [0, 0.05) is 29.7 Å². The average molecular weight is 634 g/mol. The lowest BCUT2D eigenvalue weighted by Crippen LogP contribution is -2.64. The van der Waals surface area contributed by atoms with Gasteiger partial charge in [-0.25, -0.2) is 8.78 Å². The van der Waals surface area contributed by atoms with Gasteiger partial charge in [-0.1, -0.05) is 38.1 Å². The van der Waals surface area contributed by atoms with Gasteiger partial charge < -0.3 is 20.2 Å². The number of nitrogens with zero attached hydrogens (tertiary/aromatic N) is 4. The molecule has 2 unspecified atom stereocenters. The molecule has 1 fully saturated rings. The smallest absolute Gasteiger partial charge is 0.281 e. The monoisotopic (exact) mass is 633 g/mol. The number of aryl methyl sites for hydroxylation is 1. The molecule has 12 heteroatoms. The van der Waals surface area contributed by atoms with Crippen LogP contribution in [0.15, 0.2) is 54.0 Å². The Kier molecular flexibility index (Phi) is 7.39. The van der Waals surface area contributed by atoms with Gasteiger partial charge in [0.15, 0.2) is 5.82 Å². The molecular formula is C33H30ClF2N5O4.